The first-order chi connectivity index (χ1) is 3.29. The van der Waals surface area contributed by atoms with Crippen molar-refractivity contribution >= 4 is 11.2 Å². The average molecular weight is 119 g/mol. The zero-order chi connectivity index (χ0) is 5.28. The molecule has 0 aliphatic carbocycles. The van der Waals surface area contributed by atoms with Gasteiger partial charge in [-0.25, -0.2) is 0 Å². The third-order valence-electron chi connectivity index (χ3n) is 1.12. The summed E-state index contributed by atoms with van der Waals surface area (Å²) >= 11 is -0.578. The lowest BCUT2D eigenvalue weighted by Gasteiger charge is -1.98. The summed E-state index contributed by atoms with van der Waals surface area (Å²) < 4.78 is 10.5. The maximum atomic E-state index is 10.5. The molecule has 1 heterocycles. The second-order valence-corrected chi connectivity index (χ2v) is 3.48. The van der Waals surface area contributed by atoms with E-state index in [0.717, 1.165) is 17.9 Å². The Bertz CT molecular complexity index is 60.7. The van der Waals surface area contributed by atoms with Crippen LogP contribution in [0.2, 0.25) is 0 Å². The van der Waals surface area contributed by atoms with Crippen molar-refractivity contribution in [1.82, 2.24) is 0 Å². The maximum absolute atomic E-state index is 10.5. The fourth-order valence-corrected chi connectivity index (χ4v) is 2.06. The zero-order valence-electron chi connectivity index (χ0n) is 4.09. The van der Waals surface area contributed by atoms with Gasteiger partial charge in [0.2, 0.25) is 0 Å². The van der Waals surface area contributed by atoms with E-state index in [4.69, 9.17) is 5.73 Å². The van der Waals surface area contributed by atoms with Crippen molar-refractivity contribution < 1.29 is 4.55 Å². The summed E-state index contributed by atoms with van der Waals surface area (Å²) in [5.74, 6) is 1.54. The highest BCUT2D eigenvalue weighted by Gasteiger charge is 2.21. The Morgan fingerprint density at radius 1 is 1.71 bits per heavy atom. The lowest BCUT2D eigenvalue weighted by molar-refractivity contribution is 0.600. The van der Waals surface area contributed by atoms with E-state index in [0.29, 0.717) is 0 Å². The van der Waals surface area contributed by atoms with Crippen LogP contribution in [0.15, 0.2) is 0 Å². The monoisotopic (exact) mass is 119 g/mol. The van der Waals surface area contributed by atoms with Crippen LogP contribution in [0.5, 0.6) is 0 Å². The van der Waals surface area contributed by atoms with Gasteiger partial charge in [-0.2, -0.15) is 0 Å². The molecule has 0 aromatic carbocycles. The zero-order valence-corrected chi connectivity index (χ0v) is 4.91. The highest BCUT2D eigenvalue weighted by molar-refractivity contribution is 7.91. The van der Waals surface area contributed by atoms with Crippen molar-refractivity contribution in [2.75, 3.05) is 11.5 Å². The minimum absolute atomic E-state index is 0.223. The number of hydrogen-bond acceptors (Lipinski definition) is 2. The largest absolute Gasteiger partial charge is 0.616 e. The van der Waals surface area contributed by atoms with Crippen LogP contribution in [0.4, 0.5) is 0 Å². The molecule has 1 aliphatic heterocycles. The van der Waals surface area contributed by atoms with Crippen molar-refractivity contribution in [2.24, 2.45) is 5.73 Å². The Hall–Kier alpha value is 0.270. The summed E-state index contributed by atoms with van der Waals surface area (Å²) in [6.07, 6.45) is 0.951. The second kappa shape index (κ2) is 2.03. The first-order valence-electron chi connectivity index (χ1n) is 2.39. The van der Waals surface area contributed by atoms with E-state index in [1.54, 1.807) is 0 Å². The van der Waals surface area contributed by atoms with E-state index in [-0.39, 0.29) is 6.04 Å². The average Bonchev–Trinajstić information content (AvgIpc) is 1.87. The summed E-state index contributed by atoms with van der Waals surface area (Å²) in [6.45, 7) is 0. The van der Waals surface area contributed by atoms with Crippen LogP contribution in [0, 0.1) is 0 Å². The molecule has 42 valence electrons. The van der Waals surface area contributed by atoms with E-state index in [2.05, 4.69) is 0 Å². The topological polar surface area (TPSA) is 49.1 Å². The summed E-state index contributed by atoms with van der Waals surface area (Å²) in [5, 5.41) is 0. The van der Waals surface area contributed by atoms with Crippen LogP contribution >= 0.6 is 0 Å². The van der Waals surface area contributed by atoms with E-state index < -0.39 is 11.2 Å². The highest BCUT2D eigenvalue weighted by atomic mass is 32.2. The molecular formula is C4H9NOS. The number of nitrogens with two attached hydrogens (primary N) is 1. The third-order valence-corrected chi connectivity index (χ3v) is 2.61. The fourth-order valence-electron chi connectivity index (χ4n) is 0.688. The van der Waals surface area contributed by atoms with Gasteiger partial charge >= 0.3 is 0 Å². The van der Waals surface area contributed by atoms with E-state index in [1.165, 1.54) is 0 Å². The van der Waals surface area contributed by atoms with Gasteiger partial charge in [0.15, 0.2) is 0 Å². The summed E-state index contributed by atoms with van der Waals surface area (Å²) in [4.78, 5) is 0. The molecule has 2 N–H and O–H groups in total. The molecule has 2 nitrogen and oxygen atoms in total. The lowest BCUT2D eigenvalue weighted by atomic mass is 10.3. The Morgan fingerprint density at radius 2 is 2.43 bits per heavy atom. The molecule has 0 aromatic heterocycles. The van der Waals surface area contributed by atoms with Crippen LogP contribution in [0.1, 0.15) is 6.42 Å². The van der Waals surface area contributed by atoms with E-state index in [1.807, 2.05) is 0 Å². The van der Waals surface area contributed by atoms with Crippen LogP contribution in [-0.4, -0.2) is 22.1 Å². The molecular weight excluding hydrogens is 110 g/mol. The van der Waals surface area contributed by atoms with Gasteiger partial charge in [-0.05, 0) is 0 Å². The molecule has 2 unspecified atom stereocenters. The van der Waals surface area contributed by atoms with Gasteiger partial charge in [0.05, 0.1) is 6.04 Å². The fraction of sp³-hybridized carbons (Fsp3) is 1.00. The molecule has 0 radical (unpaired) electrons. The summed E-state index contributed by atoms with van der Waals surface area (Å²) in [6, 6.07) is 0.223. The van der Waals surface area contributed by atoms with Gasteiger partial charge in [-0.3, -0.25) is 0 Å². The third kappa shape index (κ3) is 1.33. The highest BCUT2D eigenvalue weighted by Crippen LogP contribution is 2.07. The Morgan fingerprint density at radius 3 is 2.57 bits per heavy atom. The lowest BCUT2D eigenvalue weighted by Crippen LogP contribution is -2.20. The Balaban J connectivity index is 2.26. The molecule has 3 heteroatoms. The van der Waals surface area contributed by atoms with Crippen LogP contribution in [0.25, 0.3) is 0 Å². The molecule has 7 heavy (non-hydrogen) atoms. The molecule has 1 saturated heterocycles. The molecule has 1 aliphatic rings. The molecule has 0 amide bonds. The molecule has 0 saturated carbocycles. The second-order valence-electron chi connectivity index (χ2n) is 1.86. The van der Waals surface area contributed by atoms with Gasteiger partial charge in [-0.1, -0.05) is 11.2 Å². The quantitative estimate of drug-likeness (QED) is 0.436. The molecule has 2 atom stereocenters. The van der Waals surface area contributed by atoms with Crippen molar-refractivity contribution in [1.29, 1.82) is 0 Å². The predicted molar refractivity (Wildman–Crippen MR) is 30.5 cm³/mol. The smallest absolute Gasteiger partial charge is 0.120 e. The molecule has 1 fully saturated rings. The molecule has 0 bridgehead atoms. The predicted octanol–water partition coefficient (Wildman–Crippen LogP) is -0.534. The van der Waals surface area contributed by atoms with Crippen LogP contribution in [-0.2, 0) is 11.2 Å². The van der Waals surface area contributed by atoms with E-state index >= 15 is 0 Å². The number of hydrogen-bond donors (Lipinski definition) is 1. The van der Waals surface area contributed by atoms with Gasteiger partial charge in [-0.15, -0.1) is 0 Å². The van der Waals surface area contributed by atoms with Crippen molar-refractivity contribution in [3.63, 3.8) is 0 Å². The normalized spacial score (nSPS) is 42.0. The van der Waals surface area contributed by atoms with Crippen molar-refractivity contribution in [2.45, 2.75) is 12.5 Å². The van der Waals surface area contributed by atoms with E-state index in [9.17, 15) is 4.55 Å². The summed E-state index contributed by atoms with van der Waals surface area (Å²) in [5.41, 5.74) is 5.43. The van der Waals surface area contributed by atoms with Gasteiger partial charge in [0.25, 0.3) is 0 Å². The number of rotatable bonds is 0. The van der Waals surface area contributed by atoms with Gasteiger partial charge < -0.3 is 10.3 Å². The first-order valence-corrected chi connectivity index (χ1v) is 3.88. The first kappa shape index (κ1) is 5.41. The Kier molecular flexibility index (Phi) is 1.57. The van der Waals surface area contributed by atoms with Gasteiger partial charge in [0, 0.05) is 6.42 Å². The summed E-state index contributed by atoms with van der Waals surface area (Å²) in [7, 11) is 0. The molecule has 1 rings (SSSR count). The van der Waals surface area contributed by atoms with Crippen molar-refractivity contribution in [3.8, 4) is 0 Å². The molecule has 0 spiro atoms. The van der Waals surface area contributed by atoms with Crippen LogP contribution < -0.4 is 5.73 Å². The minimum atomic E-state index is -0.578. The van der Waals surface area contributed by atoms with Crippen LogP contribution in [0.3, 0.4) is 0 Å². The maximum Gasteiger partial charge on any atom is 0.120 e. The van der Waals surface area contributed by atoms with Gasteiger partial charge in [0.1, 0.15) is 11.5 Å². The molecule has 0 aromatic rings. The SMILES string of the molecule is NC1CC[S+]([O-])C1. The van der Waals surface area contributed by atoms with Crippen molar-refractivity contribution in [3.05, 3.63) is 0 Å². The minimum Gasteiger partial charge on any atom is -0.616 e. The standard InChI is InChI=1S/C4H9NOS/c5-4-1-2-7(6)3-4/h4H,1-3,5H2. The Labute approximate surface area is 46.3 Å².